The Morgan fingerprint density at radius 1 is 1.35 bits per heavy atom. The molecule has 3 heteroatoms. The third-order valence-electron chi connectivity index (χ3n) is 4.07. The maximum Gasteiger partial charge on any atom is 0.0992 e. The Balaban J connectivity index is 2.01. The van der Waals surface area contributed by atoms with E-state index in [4.69, 9.17) is 5.26 Å². The van der Waals surface area contributed by atoms with Gasteiger partial charge in [-0.1, -0.05) is 12.8 Å². The van der Waals surface area contributed by atoms with Gasteiger partial charge in [0.1, 0.15) is 0 Å². The van der Waals surface area contributed by atoms with Gasteiger partial charge in [0.2, 0.25) is 0 Å². The van der Waals surface area contributed by atoms with Crippen LogP contribution < -0.4 is 10.2 Å². The lowest BCUT2D eigenvalue weighted by Crippen LogP contribution is -2.50. The zero-order valence-corrected chi connectivity index (χ0v) is 10.1. The quantitative estimate of drug-likeness (QED) is 0.740. The monoisotopic (exact) mass is 227 g/mol. The molecule has 0 saturated heterocycles. The number of hydrogen-bond acceptors (Lipinski definition) is 3. The molecule has 1 saturated carbocycles. The second-order valence-corrected chi connectivity index (χ2v) is 5.06. The molecule has 2 atom stereocenters. The molecule has 2 unspecified atom stereocenters. The molecule has 0 aromatic heterocycles. The summed E-state index contributed by atoms with van der Waals surface area (Å²) in [5, 5.41) is 12.6. The standard InChI is InChI=1S/C14H17N3/c1-17-13-5-3-2-4-11(13)16-12-7-6-10(9-15)8-14(12)17/h6-8,11,13,16H,2-5H2,1H3. The number of benzene rings is 1. The van der Waals surface area contributed by atoms with Gasteiger partial charge in [0.15, 0.2) is 0 Å². The van der Waals surface area contributed by atoms with Crippen molar-refractivity contribution in [3.8, 4) is 6.07 Å². The average molecular weight is 227 g/mol. The summed E-state index contributed by atoms with van der Waals surface area (Å²) in [7, 11) is 2.16. The van der Waals surface area contributed by atoms with Gasteiger partial charge in [-0.25, -0.2) is 0 Å². The molecule has 1 heterocycles. The van der Waals surface area contributed by atoms with Crippen LogP contribution in [0.1, 0.15) is 31.2 Å². The summed E-state index contributed by atoms with van der Waals surface area (Å²) >= 11 is 0. The van der Waals surface area contributed by atoms with E-state index in [0.717, 1.165) is 5.56 Å². The Morgan fingerprint density at radius 2 is 2.18 bits per heavy atom. The van der Waals surface area contributed by atoms with E-state index >= 15 is 0 Å². The van der Waals surface area contributed by atoms with E-state index in [2.05, 4.69) is 23.3 Å². The van der Waals surface area contributed by atoms with Crippen LogP contribution in [0.4, 0.5) is 11.4 Å². The fourth-order valence-corrected chi connectivity index (χ4v) is 3.14. The van der Waals surface area contributed by atoms with Crippen molar-refractivity contribution in [3.63, 3.8) is 0 Å². The summed E-state index contributed by atoms with van der Waals surface area (Å²) in [5.74, 6) is 0. The normalized spacial score (nSPS) is 26.5. The molecule has 3 rings (SSSR count). The molecular weight excluding hydrogens is 210 g/mol. The lowest BCUT2D eigenvalue weighted by molar-refractivity contribution is 0.385. The molecule has 0 amide bonds. The molecule has 3 nitrogen and oxygen atoms in total. The Bertz CT molecular complexity index is 475. The molecular formula is C14H17N3. The lowest BCUT2D eigenvalue weighted by Gasteiger charge is -2.45. The molecule has 1 fully saturated rings. The molecule has 0 bridgehead atoms. The Kier molecular flexibility index (Phi) is 2.44. The summed E-state index contributed by atoms with van der Waals surface area (Å²) in [6.45, 7) is 0. The van der Waals surface area contributed by atoms with Crippen molar-refractivity contribution in [2.75, 3.05) is 17.3 Å². The number of rotatable bonds is 0. The van der Waals surface area contributed by atoms with Gasteiger partial charge < -0.3 is 10.2 Å². The highest BCUT2D eigenvalue weighted by molar-refractivity contribution is 5.75. The summed E-state index contributed by atoms with van der Waals surface area (Å²) < 4.78 is 0. The molecule has 1 aromatic carbocycles. The van der Waals surface area contributed by atoms with Crippen molar-refractivity contribution < 1.29 is 0 Å². The highest BCUT2D eigenvalue weighted by Crippen LogP contribution is 2.38. The molecule has 17 heavy (non-hydrogen) atoms. The van der Waals surface area contributed by atoms with Crippen LogP contribution in [0.3, 0.4) is 0 Å². The number of nitrogens with one attached hydrogen (secondary N) is 1. The topological polar surface area (TPSA) is 39.1 Å². The van der Waals surface area contributed by atoms with Crippen molar-refractivity contribution in [1.82, 2.24) is 0 Å². The van der Waals surface area contributed by atoms with Gasteiger partial charge >= 0.3 is 0 Å². The SMILES string of the molecule is CN1c2cc(C#N)ccc2NC2CCCCC21. The summed E-state index contributed by atoms with van der Waals surface area (Å²) in [5.41, 5.74) is 3.09. The fourth-order valence-electron chi connectivity index (χ4n) is 3.14. The summed E-state index contributed by atoms with van der Waals surface area (Å²) in [6, 6.07) is 9.30. The molecule has 0 radical (unpaired) electrons. The number of anilines is 2. The maximum atomic E-state index is 8.97. The van der Waals surface area contributed by atoms with E-state index in [1.807, 2.05) is 18.2 Å². The van der Waals surface area contributed by atoms with Crippen LogP contribution in [0.5, 0.6) is 0 Å². The minimum Gasteiger partial charge on any atom is -0.379 e. The van der Waals surface area contributed by atoms with E-state index < -0.39 is 0 Å². The van der Waals surface area contributed by atoms with E-state index in [1.54, 1.807) is 0 Å². The first-order valence-electron chi connectivity index (χ1n) is 6.33. The molecule has 88 valence electrons. The Morgan fingerprint density at radius 3 is 3.00 bits per heavy atom. The van der Waals surface area contributed by atoms with Gasteiger partial charge in [-0.2, -0.15) is 5.26 Å². The predicted molar refractivity (Wildman–Crippen MR) is 69.2 cm³/mol. The van der Waals surface area contributed by atoms with Crippen molar-refractivity contribution in [2.45, 2.75) is 37.8 Å². The smallest absolute Gasteiger partial charge is 0.0992 e. The van der Waals surface area contributed by atoms with Crippen molar-refractivity contribution in [1.29, 1.82) is 5.26 Å². The molecule has 1 aliphatic carbocycles. The van der Waals surface area contributed by atoms with Gasteiger partial charge in [-0.05, 0) is 31.0 Å². The third kappa shape index (κ3) is 1.64. The summed E-state index contributed by atoms with van der Waals surface area (Å²) in [6.07, 6.45) is 5.16. The average Bonchev–Trinajstić information content (AvgIpc) is 2.39. The minimum atomic E-state index is 0.578. The van der Waals surface area contributed by atoms with E-state index in [1.165, 1.54) is 37.1 Å². The van der Waals surface area contributed by atoms with E-state index in [0.29, 0.717) is 12.1 Å². The maximum absolute atomic E-state index is 8.97. The first-order chi connectivity index (χ1) is 8.29. The lowest BCUT2D eigenvalue weighted by atomic mass is 9.87. The van der Waals surface area contributed by atoms with Crippen molar-refractivity contribution in [3.05, 3.63) is 23.8 Å². The van der Waals surface area contributed by atoms with Crippen molar-refractivity contribution in [2.24, 2.45) is 0 Å². The van der Waals surface area contributed by atoms with Crippen LogP contribution in [0.2, 0.25) is 0 Å². The van der Waals surface area contributed by atoms with Crippen molar-refractivity contribution >= 4 is 11.4 Å². The van der Waals surface area contributed by atoms with Gasteiger partial charge in [0, 0.05) is 19.1 Å². The molecule has 2 aliphatic rings. The summed E-state index contributed by atoms with van der Waals surface area (Å²) in [4.78, 5) is 2.36. The van der Waals surface area contributed by atoms with E-state index in [9.17, 15) is 0 Å². The van der Waals surface area contributed by atoms with Gasteiger partial charge in [0.25, 0.3) is 0 Å². The van der Waals surface area contributed by atoms with Gasteiger partial charge in [-0.15, -0.1) is 0 Å². The van der Waals surface area contributed by atoms with Crippen LogP contribution in [0, 0.1) is 11.3 Å². The first-order valence-corrected chi connectivity index (χ1v) is 6.33. The number of fused-ring (bicyclic) bond motifs is 2. The second-order valence-electron chi connectivity index (χ2n) is 5.06. The number of nitrogens with zero attached hydrogens (tertiary/aromatic N) is 2. The number of likely N-dealkylation sites (N-methyl/N-ethyl adjacent to an activating group) is 1. The van der Waals surface area contributed by atoms with E-state index in [-0.39, 0.29) is 0 Å². The van der Waals surface area contributed by atoms with Crippen LogP contribution in [0.25, 0.3) is 0 Å². The highest BCUT2D eigenvalue weighted by Gasteiger charge is 2.33. The molecule has 1 N–H and O–H groups in total. The number of nitriles is 1. The Hall–Kier alpha value is -1.69. The number of hydrogen-bond donors (Lipinski definition) is 1. The molecule has 0 spiro atoms. The van der Waals surface area contributed by atoms with Crippen LogP contribution in [-0.4, -0.2) is 19.1 Å². The fraction of sp³-hybridized carbons (Fsp3) is 0.500. The second kappa shape index (κ2) is 3.96. The van der Waals surface area contributed by atoms with Gasteiger partial charge in [-0.3, -0.25) is 0 Å². The van der Waals surface area contributed by atoms with Crippen LogP contribution in [-0.2, 0) is 0 Å². The molecule has 1 aromatic rings. The first kappa shape index (κ1) is 10.5. The Labute approximate surface area is 102 Å². The highest BCUT2D eigenvalue weighted by atomic mass is 15.2. The van der Waals surface area contributed by atoms with Crippen LogP contribution in [0.15, 0.2) is 18.2 Å². The largest absolute Gasteiger partial charge is 0.379 e. The van der Waals surface area contributed by atoms with Gasteiger partial charge in [0.05, 0.1) is 23.0 Å². The zero-order valence-electron chi connectivity index (χ0n) is 10.1. The van der Waals surface area contributed by atoms with Crippen LogP contribution >= 0.6 is 0 Å². The third-order valence-corrected chi connectivity index (χ3v) is 4.07. The predicted octanol–water partition coefficient (Wildman–Crippen LogP) is 2.73. The minimum absolute atomic E-state index is 0.578. The molecule has 1 aliphatic heterocycles. The zero-order chi connectivity index (χ0) is 11.8.